The molecular weight excluding hydrogens is 456 g/mol. The van der Waals surface area contributed by atoms with E-state index in [1.54, 1.807) is 37.7 Å². The van der Waals surface area contributed by atoms with Crippen LogP contribution in [-0.2, 0) is 4.79 Å². The number of methoxy groups -OCH3 is 2. The van der Waals surface area contributed by atoms with Gasteiger partial charge in [0, 0.05) is 44.9 Å². The Hall–Kier alpha value is -3.61. The summed E-state index contributed by atoms with van der Waals surface area (Å²) in [6.45, 7) is 0. The van der Waals surface area contributed by atoms with Crippen LogP contribution in [-0.4, -0.2) is 25.1 Å². The number of amides is 1. The first kappa shape index (κ1) is 22.6. The molecule has 1 aromatic heterocycles. The van der Waals surface area contributed by atoms with Crippen molar-refractivity contribution in [3.8, 4) is 33.3 Å². The highest BCUT2D eigenvalue weighted by Gasteiger charge is 2.08. The second-order valence-corrected chi connectivity index (χ2v) is 8.35. The minimum atomic E-state index is -0.237. The Kier molecular flexibility index (Phi) is 7.07. The van der Waals surface area contributed by atoms with Crippen molar-refractivity contribution < 1.29 is 14.3 Å². The molecule has 4 rings (SSSR count). The Morgan fingerprint density at radius 3 is 2.39 bits per heavy atom. The van der Waals surface area contributed by atoms with E-state index in [1.165, 1.54) is 6.08 Å². The van der Waals surface area contributed by atoms with Gasteiger partial charge in [-0.15, -0.1) is 11.3 Å². The molecule has 1 heterocycles. The molecule has 0 saturated heterocycles. The van der Waals surface area contributed by atoms with Crippen LogP contribution in [0.4, 0.5) is 5.69 Å². The molecule has 0 fully saturated rings. The molecule has 5 nitrogen and oxygen atoms in total. The SMILES string of the molecule is COc1ccc(/C=C/C(=O)Nc2ccc(-c3csc(-c4ccc(Cl)cc4)n3)cc2)c(OC)c1. The zero-order valence-electron chi connectivity index (χ0n) is 18.0. The number of carbonyl (C=O) groups is 1. The Balaban J connectivity index is 1.41. The highest BCUT2D eigenvalue weighted by atomic mass is 35.5. The topological polar surface area (TPSA) is 60.5 Å². The van der Waals surface area contributed by atoms with Gasteiger partial charge in [0.2, 0.25) is 5.91 Å². The summed E-state index contributed by atoms with van der Waals surface area (Å²) in [5.74, 6) is 1.08. The zero-order valence-corrected chi connectivity index (χ0v) is 19.6. The van der Waals surface area contributed by atoms with Crippen molar-refractivity contribution in [3.63, 3.8) is 0 Å². The minimum Gasteiger partial charge on any atom is -0.497 e. The zero-order chi connectivity index (χ0) is 23.2. The number of carbonyl (C=O) groups excluding carboxylic acids is 1. The lowest BCUT2D eigenvalue weighted by Gasteiger charge is -2.07. The standard InChI is InChI=1S/C26H21ClN2O3S/c1-31-22-13-7-18(24(15-22)32-2)8-14-25(30)28-21-11-5-17(6-12-21)23-16-33-26(29-23)19-3-9-20(27)10-4-19/h3-16H,1-2H3,(H,28,30)/b14-8+. The van der Waals surface area contributed by atoms with E-state index in [0.717, 1.165) is 27.4 Å². The van der Waals surface area contributed by atoms with Gasteiger partial charge in [-0.25, -0.2) is 4.98 Å². The van der Waals surface area contributed by atoms with Crippen molar-refractivity contribution in [2.75, 3.05) is 19.5 Å². The van der Waals surface area contributed by atoms with Crippen LogP contribution >= 0.6 is 22.9 Å². The number of thiazole rings is 1. The number of hydrogen-bond donors (Lipinski definition) is 1. The fraction of sp³-hybridized carbons (Fsp3) is 0.0769. The number of hydrogen-bond acceptors (Lipinski definition) is 5. The van der Waals surface area contributed by atoms with Crippen molar-refractivity contribution in [2.24, 2.45) is 0 Å². The molecule has 4 aromatic rings. The van der Waals surface area contributed by atoms with Crippen LogP contribution < -0.4 is 14.8 Å². The monoisotopic (exact) mass is 476 g/mol. The Bertz CT molecular complexity index is 1280. The Morgan fingerprint density at radius 1 is 0.970 bits per heavy atom. The van der Waals surface area contributed by atoms with Crippen LogP contribution in [0, 0.1) is 0 Å². The lowest BCUT2D eigenvalue weighted by molar-refractivity contribution is -0.111. The molecule has 0 bridgehead atoms. The van der Waals surface area contributed by atoms with Gasteiger partial charge >= 0.3 is 0 Å². The molecular formula is C26H21ClN2O3S. The van der Waals surface area contributed by atoms with Crippen molar-refractivity contribution in [1.29, 1.82) is 0 Å². The lowest BCUT2D eigenvalue weighted by Crippen LogP contribution is -2.07. The number of nitrogens with one attached hydrogen (secondary N) is 1. The molecule has 0 aliphatic rings. The van der Waals surface area contributed by atoms with E-state index in [4.69, 9.17) is 26.1 Å². The summed E-state index contributed by atoms with van der Waals surface area (Å²) in [7, 11) is 3.17. The quantitative estimate of drug-likeness (QED) is 0.298. The maximum absolute atomic E-state index is 12.4. The normalized spacial score (nSPS) is 10.9. The van der Waals surface area contributed by atoms with Gasteiger partial charge in [0.05, 0.1) is 19.9 Å². The number of aromatic nitrogens is 1. The summed E-state index contributed by atoms with van der Waals surface area (Å²) >= 11 is 7.54. The van der Waals surface area contributed by atoms with Crippen molar-refractivity contribution in [3.05, 3.63) is 88.8 Å². The molecule has 166 valence electrons. The number of halogens is 1. The maximum atomic E-state index is 12.4. The van der Waals surface area contributed by atoms with Crippen molar-refractivity contribution in [2.45, 2.75) is 0 Å². The van der Waals surface area contributed by atoms with Crippen LogP contribution in [0.5, 0.6) is 11.5 Å². The fourth-order valence-electron chi connectivity index (χ4n) is 3.16. The Labute approximate surface area is 201 Å². The molecule has 0 saturated carbocycles. The van der Waals surface area contributed by atoms with Crippen molar-refractivity contribution in [1.82, 2.24) is 4.98 Å². The highest BCUT2D eigenvalue weighted by Crippen LogP contribution is 2.30. The summed E-state index contributed by atoms with van der Waals surface area (Å²) in [5, 5.41) is 6.51. The van der Waals surface area contributed by atoms with Gasteiger partial charge in [-0.05, 0) is 42.5 Å². The first-order valence-electron chi connectivity index (χ1n) is 10.1. The highest BCUT2D eigenvalue weighted by molar-refractivity contribution is 7.13. The lowest BCUT2D eigenvalue weighted by atomic mass is 10.1. The van der Waals surface area contributed by atoms with Gasteiger partial charge in [-0.2, -0.15) is 0 Å². The number of benzene rings is 3. The van der Waals surface area contributed by atoms with Crippen LogP contribution in [0.25, 0.3) is 27.9 Å². The predicted octanol–water partition coefficient (Wildman–Crippen LogP) is 6.80. The third kappa shape index (κ3) is 5.61. The smallest absolute Gasteiger partial charge is 0.248 e. The van der Waals surface area contributed by atoms with Gasteiger partial charge < -0.3 is 14.8 Å². The second-order valence-electron chi connectivity index (χ2n) is 7.05. The van der Waals surface area contributed by atoms with E-state index in [0.29, 0.717) is 22.2 Å². The molecule has 3 aromatic carbocycles. The fourth-order valence-corrected chi connectivity index (χ4v) is 4.12. The summed E-state index contributed by atoms with van der Waals surface area (Å²) in [4.78, 5) is 17.1. The van der Waals surface area contributed by atoms with Gasteiger partial charge in [-0.3, -0.25) is 4.79 Å². The molecule has 1 N–H and O–H groups in total. The average Bonchev–Trinajstić information content (AvgIpc) is 3.34. The summed E-state index contributed by atoms with van der Waals surface area (Å²) in [6, 6.07) is 20.6. The van der Waals surface area contributed by atoms with Gasteiger partial charge in [-0.1, -0.05) is 35.9 Å². The van der Waals surface area contributed by atoms with E-state index >= 15 is 0 Å². The van der Waals surface area contributed by atoms with E-state index < -0.39 is 0 Å². The maximum Gasteiger partial charge on any atom is 0.248 e. The number of nitrogens with zero attached hydrogens (tertiary/aromatic N) is 1. The summed E-state index contributed by atoms with van der Waals surface area (Å²) in [6.07, 6.45) is 3.17. The molecule has 1 amide bonds. The van der Waals surface area contributed by atoms with Crippen LogP contribution in [0.2, 0.25) is 5.02 Å². The van der Waals surface area contributed by atoms with E-state index in [1.807, 2.05) is 66.0 Å². The summed E-state index contributed by atoms with van der Waals surface area (Å²) in [5.41, 5.74) is 4.36. The second kappa shape index (κ2) is 10.3. The minimum absolute atomic E-state index is 0.237. The molecule has 33 heavy (non-hydrogen) atoms. The summed E-state index contributed by atoms with van der Waals surface area (Å²) < 4.78 is 10.5. The van der Waals surface area contributed by atoms with Gasteiger partial charge in [0.15, 0.2) is 0 Å². The van der Waals surface area contributed by atoms with Crippen LogP contribution in [0.1, 0.15) is 5.56 Å². The number of ether oxygens (including phenoxy) is 2. The van der Waals surface area contributed by atoms with Gasteiger partial charge in [0.1, 0.15) is 16.5 Å². The molecule has 0 aliphatic heterocycles. The van der Waals surface area contributed by atoms with E-state index in [-0.39, 0.29) is 5.91 Å². The molecule has 0 radical (unpaired) electrons. The van der Waals surface area contributed by atoms with Crippen LogP contribution in [0.3, 0.4) is 0 Å². The number of anilines is 1. The molecule has 0 unspecified atom stereocenters. The van der Waals surface area contributed by atoms with Crippen LogP contribution in [0.15, 0.2) is 78.2 Å². The van der Waals surface area contributed by atoms with Gasteiger partial charge in [0.25, 0.3) is 0 Å². The molecule has 0 atom stereocenters. The average molecular weight is 477 g/mol. The van der Waals surface area contributed by atoms with Crippen molar-refractivity contribution >= 4 is 40.6 Å². The molecule has 0 aliphatic carbocycles. The molecule has 7 heteroatoms. The first-order chi connectivity index (χ1) is 16.1. The van der Waals surface area contributed by atoms with E-state index in [2.05, 4.69) is 5.32 Å². The Morgan fingerprint density at radius 2 is 1.70 bits per heavy atom. The number of rotatable bonds is 7. The molecule has 0 spiro atoms. The first-order valence-corrected chi connectivity index (χ1v) is 11.3. The third-order valence-corrected chi connectivity index (χ3v) is 6.04. The third-order valence-electron chi connectivity index (χ3n) is 4.90. The predicted molar refractivity (Wildman–Crippen MR) is 135 cm³/mol. The largest absolute Gasteiger partial charge is 0.497 e. The van der Waals surface area contributed by atoms with E-state index in [9.17, 15) is 4.79 Å².